The van der Waals surface area contributed by atoms with Crippen molar-refractivity contribution in [3.05, 3.63) is 22.6 Å². The van der Waals surface area contributed by atoms with Gasteiger partial charge >= 0.3 is 6.03 Å². The zero-order chi connectivity index (χ0) is 15.5. The lowest BCUT2D eigenvalue weighted by Gasteiger charge is -2.09. The Labute approximate surface area is 122 Å². The second kappa shape index (κ2) is 9.44. The number of carbonyl (C=O) groups excluding carboxylic acids is 2. The first-order valence-corrected chi connectivity index (χ1v) is 6.75. The molecule has 21 heavy (non-hydrogen) atoms. The number of amides is 2. The molecule has 0 aliphatic carbocycles. The Kier molecular flexibility index (Phi) is 7.45. The maximum Gasteiger partial charge on any atom is 0.321 e. The molecule has 8 heteroatoms. The summed E-state index contributed by atoms with van der Waals surface area (Å²) in [6.45, 7) is 1.04. The molecule has 0 aliphatic rings. The summed E-state index contributed by atoms with van der Waals surface area (Å²) < 4.78 is 1.55. The maximum absolute atomic E-state index is 11.6. The first-order chi connectivity index (χ1) is 10.1. The fourth-order valence-corrected chi connectivity index (χ4v) is 1.65. The molecule has 0 spiro atoms. The number of rotatable bonds is 8. The number of nitrogens with one attached hydrogen (secondary N) is 2. The van der Waals surface area contributed by atoms with E-state index in [-0.39, 0.29) is 5.95 Å². The van der Waals surface area contributed by atoms with Gasteiger partial charge in [0.25, 0.3) is 5.56 Å². The minimum atomic E-state index is -0.401. The number of isocyanates is 1. The van der Waals surface area contributed by atoms with E-state index in [0.717, 1.165) is 25.7 Å². The average Bonchev–Trinajstić information content (AvgIpc) is 2.46. The number of hydrogen-bond acceptors (Lipinski definition) is 5. The van der Waals surface area contributed by atoms with Crippen LogP contribution in [0.2, 0.25) is 0 Å². The standard InChI is InChI=1S/C13H19N5O3/c1-18-9-6-11(20)16-12(18)17-13(21)15-8-5-3-2-4-7-14-10-19/h6,9H,2-5,7-8H2,1H3,(H2,15,16,17,20,21). The normalized spacial score (nSPS) is 9.76. The Morgan fingerprint density at radius 3 is 2.90 bits per heavy atom. The third kappa shape index (κ3) is 7.03. The zero-order valence-corrected chi connectivity index (χ0v) is 12.0. The van der Waals surface area contributed by atoms with E-state index < -0.39 is 11.6 Å². The van der Waals surface area contributed by atoms with Crippen molar-refractivity contribution >= 4 is 18.1 Å². The summed E-state index contributed by atoms with van der Waals surface area (Å²) in [5.74, 6) is 0.201. The number of aromatic nitrogens is 2. The summed E-state index contributed by atoms with van der Waals surface area (Å²) in [6, 6.07) is 0.923. The van der Waals surface area contributed by atoms with Crippen LogP contribution in [-0.4, -0.2) is 34.8 Å². The molecule has 2 amide bonds. The molecular formula is C13H19N5O3. The van der Waals surface area contributed by atoms with Crippen molar-refractivity contribution in [1.29, 1.82) is 0 Å². The quantitative estimate of drug-likeness (QED) is 0.420. The van der Waals surface area contributed by atoms with Gasteiger partial charge in [0.1, 0.15) is 0 Å². The molecular weight excluding hydrogens is 274 g/mol. The van der Waals surface area contributed by atoms with Gasteiger partial charge in [-0.15, -0.1) is 0 Å². The van der Waals surface area contributed by atoms with E-state index in [1.54, 1.807) is 11.6 Å². The molecule has 0 bridgehead atoms. The van der Waals surface area contributed by atoms with Crippen molar-refractivity contribution in [2.24, 2.45) is 12.0 Å². The summed E-state index contributed by atoms with van der Waals surface area (Å²) in [7, 11) is 1.68. The van der Waals surface area contributed by atoms with E-state index in [9.17, 15) is 14.4 Å². The Morgan fingerprint density at radius 2 is 2.14 bits per heavy atom. The first kappa shape index (κ1) is 16.6. The predicted molar refractivity (Wildman–Crippen MR) is 78.0 cm³/mol. The van der Waals surface area contributed by atoms with Crippen molar-refractivity contribution in [2.75, 3.05) is 18.4 Å². The van der Waals surface area contributed by atoms with E-state index in [4.69, 9.17) is 0 Å². The molecule has 0 unspecified atom stereocenters. The van der Waals surface area contributed by atoms with Gasteiger partial charge in [-0.3, -0.25) is 10.1 Å². The van der Waals surface area contributed by atoms with E-state index in [2.05, 4.69) is 20.6 Å². The number of hydrogen-bond donors (Lipinski definition) is 2. The van der Waals surface area contributed by atoms with Crippen LogP contribution in [0, 0.1) is 0 Å². The Hall–Kier alpha value is -2.47. The average molecular weight is 293 g/mol. The number of aryl methyl sites for hydroxylation is 1. The Bertz CT molecular complexity index is 563. The van der Waals surface area contributed by atoms with Crippen LogP contribution < -0.4 is 16.2 Å². The highest BCUT2D eigenvalue weighted by atomic mass is 16.2. The molecule has 1 heterocycles. The fourth-order valence-electron chi connectivity index (χ4n) is 1.65. The largest absolute Gasteiger partial charge is 0.338 e. The summed E-state index contributed by atoms with van der Waals surface area (Å²) in [4.78, 5) is 39.7. The molecule has 114 valence electrons. The van der Waals surface area contributed by atoms with Gasteiger partial charge in [0.05, 0.1) is 6.54 Å². The molecule has 0 radical (unpaired) electrons. The lowest BCUT2D eigenvalue weighted by atomic mass is 10.2. The highest BCUT2D eigenvalue weighted by molar-refractivity contribution is 5.87. The van der Waals surface area contributed by atoms with Gasteiger partial charge in [0.2, 0.25) is 12.0 Å². The monoisotopic (exact) mass is 293 g/mol. The SMILES string of the molecule is Cn1ccc(=O)nc1NC(=O)NCCCCCCN=C=O. The Morgan fingerprint density at radius 1 is 1.38 bits per heavy atom. The maximum atomic E-state index is 11.6. The lowest BCUT2D eigenvalue weighted by molar-refractivity contribution is 0.251. The van der Waals surface area contributed by atoms with Crippen LogP contribution in [0.4, 0.5) is 10.7 Å². The second-order valence-corrected chi connectivity index (χ2v) is 4.47. The molecule has 0 saturated carbocycles. The molecule has 2 N–H and O–H groups in total. The third-order valence-electron chi connectivity index (χ3n) is 2.76. The molecule has 1 aromatic heterocycles. The molecule has 1 aromatic rings. The molecule has 8 nitrogen and oxygen atoms in total. The van der Waals surface area contributed by atoms with Crippen LogP contribution in [0.25, 0.3) is 0 Å². The highest BCUT2D eigenvalue weighted by Crippen LogP contribution is 1.99. The van der Waals surface area contributed by atoms with E-state index >= 15 is 0 Å². The van der Waals surface area contributed by atoms with Crippen LogP contribution in [-0.2, 0) is 11.8 Å². The van der Waals surface area contributed by atoms with Gasteiger partial charge in [-0.05, 0) is 12.8 Å². The molecule has 0 saturated heterocycles. The number of anilines is 1. The van der Waals surface area contributed by atoms with Crippen molar-refractivity contribution in [3.63, 3.8) is 0 Å². The minimum absolute atomic E-state index is 0.201. The molecule has 0 aliphatic heterocycles. The van der Waals surface area contributed by atoms with Crippen molar-refractivity contribution in [2.45, 2.75) is 25.7 Å². The van der Waals surface area contributed by atoms with Crippen LogP contribution in [0.15, 0.2) is 22.1 Å². The summed E-state index contributed by atoms with van der Waals surface area (Å²) in [5.41, 5.74) is -0.401. The number of aliphatic imine (C=N–C) groups is 1. The second-order valence-electron chi connectivity index (χ2n) is 4.47. The fraction of sp³-hybridized carbons (Fsp3) is 0.538. The van der Waals surface area contributed by atoms with Crippen molar-refractivity contribution < 1.29 is 9.59 Å². The molecule has 0 atom stereocenters. The summed E-state index contributed by atoms with van der Waals surface area (Å²) >= 11 is 0. The number of nitrogens with zero attached hydrogens (tertiary/aromatic N) is 3. The summed E-state index contributed by atoms with van der Waals surface area (Å²) in [5, 5.41) is 5.20. The minimum Gasteiger partial charge on any atom is -0.338 e. The topological polar surface area (TPSA) is 105 Å². The van der Waals surface area contributed by atoms with Gasteiger partial charge in [-0.25, -0.2) is 14.6 Å². The smallest absolute Gasteiger partial charge is 0.321 e. The van der Waals surface area contributed by atoms with Crippen molar-refractivity contribution in [3.8, 4) is 0 Å². The molecule has 0 fully saturated rings. The van der Waals surface area contributed by atoms with Gasteiger partial charge in [-0.2, -0.15) is 4.98 Å². The third-order valence-corrected chi connectivity index (χ3v) is 2.76. The van der Waals surface area contributed by atoms with E-state index in [1.807, 2.05) is 0 Å². The zero-order valence-electron chi connectivity index (χ0n) is 12.0. The highest BCUT2D eigenvalue weighted by Gasteiger charge is 2.04. The van der Waals surface area contributed by atoms with E-state index in [0.29, 0.717) is 13.1 Å². The van der Waals surface area contributed by atoms with Crippen molar-refractivity contribution in [1.82, 2.24) is 14.9 Å². The van der Waals surface area contributed by atoms with Gasteiger partial charge in [-0.1, -0.05) is 12.8 Å². The van der Waals surface area contributed by atoms with Crippen LogP contribution in [0.3, 0.4) is 0 Å². The number of carbonyl (C=O) groups is 1. The van der Waals surface area contributed by atoms with Gasteiger partial charge in [0, 0.05) is 25.9 Å². The van der Waals surface area contributed by atoms with Crippen LogP contribution in [0.1, 0.15) is 25.7 Å². The Balaban J connectivity index is 2.18. The number of urea groups is 1. The molecule has 1 rings (SSSR count). The van der Waals surface area contributed by atoms with Crippen LogP contribution in [0.5, 0.6) is 0 Å². The van der Waals surface area contributed by atoms with Gasteiger partial charge < -0.3 is 9.88 Å². The first-order valence-electron chi connectivity index (χ1n) is 6.75. The van der Waals surface area contributed by atoms with E-state index in [1.165, 1.54) is 18.3 Å². The predicted octanol–water partition coefficient (Wildman–Crippen LogP) is 0.798. The lowest BCUT2D eigenvalue weighted by Crippen LogP contribution is -2.31. The summed E-state index contributed by atoms with van der Waals surface area (Å²) in [6.07, 6.45) is 6.60. The van der Waals surface area contributed by atoms with Crippen LogP contribution >= 0.6 is 0 Å². The van der Waals surface area contributed by atoms with Gasteiger partial charge in [0.15, 0.2) is 0 Å². The number of unbranched alkanes of at least 4 members (excludes halogenated alkanes) is 3. The molecule has 0 aromatic carbocycles.